The SMILES string of the molecule is COc1cc(C(O)(CCN(C)C)C(c2cc(SC)nc(SC)c2)c2cc3cc(Br)ccc3nc2OC)cc(OC)n1. The number of rotatable bonds is 12. The Hall–Kier alpha value is -2.57. The lowest BCUT2D eigenvalue weighted by atomic mass is 9.72. The number of ether oxygens (including phenoxy) is 3. The number of hydrogen-bond donors (Lipinski definition) is 1. The maximum atomic E-state index is 13.1. The average Bonchev–Trinajstić information content (AvgIpc) is 2.99. The summed E-state index contributed by atoms with van der Waals surface area (Å²) < 4.78 is 17.9. The van der Waals surface area contributed by atoms with Crippen molar-refractivity contribution in [3.63, 3.8) is 0 Å². The van der Waals surface area contributed by atoms with Crippen molar-refractivity contribution >= 4 is 50.4 Å². The largest absolute Gasteiger partial charge is 0.481 e. The van der Waals surface area contributed by atoms with Crippen molar-refractivity contribution in [1.82, 2.24) is 19.9 Å². The summed E-state index contributed by atoms with van der Waals surface area (Å²) in [6.45, 7) is 0.602. The first-order valence-electron chi connectivity index (χ1n) is 12.9. The summed E-state index contributed by atoms with van der Waals surface area (Å²) in [5, 5.41) is 15.7. The highest BCUT2D eigenvalue weighted by atomic mass is 79.9. The molecule has 3 heterocycles. The number of nitrogens with zero attached hydrogens (tertiary/aromatic N) is 4. The molecule has 8 nitrogen and oxygen atoms in total. The summed E-state index contributed by atoms with van der Waals surface area (Å²) in [4.78, 5) is 16.1. The molecule has 4 aromatic rings. The second-order valence-electron chi connectivity index (χ2n) is 9.76. The maximum absolute atomic E-state index is 13.1. The first kappa shape index (κ1) is 31.4. The Kier molecular flexibility index (Phi) is 10.4. The van der Waals surface area contributed by atoms with Gasteiger partial charge in [0.2, 0.25) is 17.6 Å². The fourth-order valence-electron chi connectivity index (χ4n) is 4.89. The molecule has 0 saturated carbocycles. The molecule has 0 amide bonds. The Bertz CT molecular complexity index is 1480. The molecular formula is C30H35BrN4O4S2. The summed E-state index contributed by atoms with van der Waals surface area (Å²) in [6, 6.07) is 15.6. The Morgan fingerprint density at radius 1 is 0.878 bits per heavy atom. The topological polar surface area (TPSA) is 89.8 Å². The maximum Gasteiger partial charge on any atom is 0.217 e. The van der Waals surface area contributed by atoms with Crippen LogP contribution < -0.4 is 14.2 Å². The molecule has 2 unspecified atom stereocenters. The first-order valence-corrected chi connectivity index (χ1v) is 16.1. The highest BCUT2D eigenvalue weighted by Crippen LogP contribution is 2.49. The molecular weight excluding hydrogens is 624 g/mol. The van der Waals surface area contributed by atoms with Gasteiger partial charge in [-0.25, -0.2) is 9.97 Å². The fourth-order valence-corrected chi connectivity index (χ4v) is 6.22. The van der Waals surface area contributed by atoms with Crippen LogP contribution in [0.25, 0.3) is 10.9 Å². The highest BCUT2D eigenvalue weighted by molar-refractivity contribution is 9.10. The zero-order valence-corrected chi connectivity index (χ0v) is 27.5. The molecule has 0 aliphatic heterocycles. The molecule has 0 aliphatic carbocycles. The van der Waals surface area contributed by atoms with Crippen LogP contribution >= 0.6 is 39.5 Å². The van der Waals surface area contributed by atoms with Gasteiger partial charge in [-0.15, -0.1) is 23.5 Å². The average molecular weight is 660 g/mol. The van der Waals surface area contributed by atoms with Gasteiger partial charge in [0.15, 0.2) is 0 Å². The summed E-state index contributed by atoms with van der Waals surface area (Å²) in [5.74, 6) is 0.524. The second-order valence-corrected chi connectivity index (χ2v) is 12.3. The molecule has 0 aliphatic rings. The van der Waals surface area contributed by atoms with Crippen LogP contribution in [-0.2, 0) is 5.60 Å². The van der Waals surface area contributed by atoms with Crippen molar-refractivity contribution in [2.75, 3.05) is 54.5 Å². The molecule has 3 aromatic heterocycles. The van der Waals surface area contributed by atoms with Gasteiger partial charge < -0.3 is 24.2 Å². The lowest BCUT2D eigenvalue weighted by Gasteiger charge is -2.39. The molecule has 41 heavy (non-hydrogen) atoms. The third kappa shape index (κ3) is 6.91. The van der Waals surface area contributed by atoms with Crippen LogP contribution in [0, 0.1) is 0 Å². The van der Waals surface area contributed by atoms with E-state index in [4.69, 9.17) is 24.2 Å². The van der Waals surface area contributed by atoms with Gasteiger partial charge in [-0.3, -0.25) is 0 Å². The fraction of sp³-hybridized carbons (Fsp3) is 0.367. The van der Waals surface area contributed by atoms with E-state index in [0.29, 0.717) is 36.2 Å². The Morgan fingerprint density at radius 3 is 2.05 bits per heavy atom. The number of benzene rings is 1. The second kappa shape index (κ2) is 13.6. The van der Waals surface area contributed by atoms with Crippen molar-refractivity contribution < 1.29 is 19.3 Å². The number of aliphatic hydroxyl groups is 1. The van der Waals surface area contributed by atoms with E-state index >= 15 is 0 Å². The van der Waals surface area contributed by atoms with Gasteiger partial charge in [-0.2, -0.15) is 4.98 Å². The molecule has 4 rings (SSSR count). The third-order valence-electron chi connectivity index (χ3n) is 6.94. The van der Waals surface area contributed by atoms with Gasteiger partial charge in [0, 0.05) is 40.0 Å². The standard InChI is InChI=1S/C30H35BrN4O4S2/c1-35(2)11-10-30(36,20-16-24(37-3)33-25(17-20)38-4)28(19-14-26(40-6)34-27(15-19)41-7)22-13-18-12-21(31)8-9-23(18)32-29(22)39-5/h8-9,12-17,28,36H,10-11H2,1-7H3. The first-order chi connectivity index (χ1) is 19.6. The Labute approximate surface area is 258 Å². The Morgan fingerprint density at radius 2 is 1.51 bits per heavy atom. The lowest BCUT2D eigenvalue weighted by molar-refractivity contribution is 0.00317. The van der Waals surface area contributed by atoms with Crippen molar-refractivity contribution in [1.29, 1.82) is 0 Å². The summed E-state index contributed by atoms with van der Waals surface area (Å²) in [7, 11) is 8.69. The number of halogens is 1. The van der Waals surface area contributed by atoms with Crippen molar-refractivity contribution in [2.24, 2.45) is 0 Å². The zero-order chi connectivity index (χ0) is 29.7. The number of pyridine rings is 3. The minimum Gasteiger partial charge on any atom is -0.481 e. The lowest BCUT2D eigenvalue weighted by Crippen LogP contribution is -2.38. The minimum atomic E-state index is -1.46. The highest BCUT2D eigenvalue weighted by Gasteiger charge is 2.43. The quantitative estimate of drug-likeness (QED) is 0.177. The van der Waals surface area contributed by atoms with Gasteiger partial charge >= 0.3 is 0 Å². The monoisotopic (exact) mass is 658 g/mol. The normalized spacial score (nSPS) is 13.7. The zero-order valence-electron chi connectivity index (χ0n) is 24.3. The van der Waals surface area contributed by atoms with E-state index in [1.54, 1.807) is 57.0 Å². The van der Waals surface area contributed by atoms with E-state index in [1.165, 1.54) is 0 Å². The predicted octanol–water partition coefficient (Wildman–Crippen LogP) is 6.23. The third-order valence-corrected chi connectivity index (χ3v) is 8.69. The van der Waals surface area contributed by atoms with Crippen molar-refractivity contribution in [2.45, 2.75) is 28.0 Å². The van der Waals surface area contributed by atoms with Crippen LogP contribution in [-0.4, -0.2) is 79.4 Å². The van der Waals surface area contributed by atoms with E-state index in [2.05, 4.69) is 31.9 Å². The van der Waals surface area contributed by atoms with E-state index in [-0.39, 0.29) is 0 Å². The minimum absolute atomic E-state index is 0.346. The van der Waals surface area contributed by atoms with Crippen LogP contribution in [0.15, 0.2) is 63.1 Å². The van der Waals surface area contributed by atoms with E-state index < -0.39 is 11.5 Å². The summed E-state index contributed by atoms with van der Waals surface area (Å²) in [5.41, 5.74) is 1.58. The molecule has 0 spiro atoms. The molecule has 11 heteroatoms. The van der Waals surface area contributed by atoms with Gasteiger partial charge in [-0.1, -0.05) is 15.9 Å². The molecule has 218 valence electrons. The molecule has 0 radical (unpaired) electrons. The Balaban J connectivity index is 2.12. The molecule has 1 aromatic carbocycles. The van der Waals surface area contributed by atoms with E-state index in [1.807, 2.05) is 56.9 Å². The number of aromatic nitrogens is 3. The molecule has 0 fully saturated rings. The number of hydrogen-bond acceptors (Lipinski definition) is 10. The summed E-state index contributed by atoms with van der Waals surface area (Å²) in [6.07, 6.45) is 4.38. The van der Waals surface area contributed by atoms with Crippen LogP contribution in [0.2, 0.25) is 0 Å². The van der Waals surface area contributed by atoms with Crippen LogP contribution in [0.1, 0.15) is 29.0 Å². The van der Waals surface area contributed by atoms with E-state index in [9.17, 15) is 5.11 Å². The summed E-state index contributed by atoms with van der Waals surface area (Å²) >= 11 is 6.72. The molecule has 2 atom stereocenters. The van der Waals surface area contributed by atoms with Gasteiger partial charge in [0.25, 0.3) is 0 Å². The number of fused-ring (bicyclic) bond motifs is 1. The van der Waals surface area contributed by atoms with Gasteiger partial charge in [-0.05, 0) is 80.6 Å². The van der Waals surface area contributed by atoms with Crippen LogP contribution in [0.3, 0.4) is 0 Å². The number of thioether (sulfide) groups is 2. The van der Waals surface area contributed by atoms with Gasteiger partial charge in [0.05, 0.1) is 36.9 Å². The van der Waals surface area contributed by atoms with Crippen molar-refractivity contribution in [3.05, 3.63) is 69.7 Å². The molecule has 1 N–H and O–H groups in total. The van der Waals surface area contributed by atoms with Crippen LogP contribution in [0.5, 0.6) is 17.6 Å². The van der Waals surface area contributed by atoms with Gasteiger partial charge in [0.1, 0.15) is 5.60 Å². The van der Waals surface area contributed by atoms with Crippen LogP contribution in [0.4, 0.5) is 0 Å². The van der Waals surface area contributed by atoms with E-state index in [0.717, 1.165) is 36.6 Å². The molecule has 0 bridgehead atoms. The molecule has 0 saturated heterocycles. The number of methoxy groups -OCH3 is 3. The van der Waals surface area contributed by atoms with Crippen molar-refractivity contribution in [3.8, 4) is 17.6 Å². The predicted molar refractivity (Wildman–Crippen MR) is 170 cm³/mol. The smallest absolute Gasteiger partial charge is 0.217 e.